The number of anilines is 1. The highest BCUT2D eigenvalue weighted by Crippen LogP contribution is 2.24. The molecule has 29 heavy (non-hydrogen) atoms. The zero-order valence-corrected chi connectivity index (χ0v) is 16.9. The van der Waals surface area contributed by atoms with Crippen molar-refractivity contribution in [2.75, 3.05) is 18.6 Å². The summed E-state index contributed by atoms with van der Waals surface area (Å²) in [6, 6.07) is 13.1. The van der Waals surface area contributed by atoms with Gasteiger partial charge < -0.3 is 11.1 Å². The summed E-state index contributed by atoms with van der Waals surface area (Å²) in [5.41, 5.74) is 6.54. The minimum atomic E-state index is -3.37. The van der Waals surface area contributed by atoms with Gasteiger partial charge in [-0.15, -0.1) is 0 Å². The molecule has 0 unspecified atom stereocenters. The van der Waals surface area contributed by atoms with Crippen molar-refractivity contribution in [3.63, 3.8) is 0 Å². The lowest BCUT2D eigenvalue weighted by molar-refractivity contribution is 0.0999. The van der Waals surface area contributed by atoms with Gasteiger partial charge in [-0.25, -0.2) is 13.4 Å². The van der Waals surface area contributed by atoms with Crippen LogP contribution in [0.1, 0.15) is 15.9 Å². The second-order valence-corrected chi connectivity index (χ2v) is 8.56. The van der Waals surface area contributed by atoms with Gasteiger partial charge in [0, 0.05) is 18.9 Å². The van der Waals surface area contributed by atoms with Gasteiger partial charge >= 0.3 is 0 Å². The molecule has 3 aromatic rings. The van der Waals surface area contributed by atoms with Crippen LogP contribution >= 0.6 is 0 Å². The third-order valence-corrected chi connectivity index (χ3v) is 5.53. The van der Waals surface area contributed by atoms with Crippen molar-refractivity contribution in [2.45, 2.75) is 11.8 Å². The van der Waals surface area contributed by atoms with Gasteiger partial charge in [0.15, 0.2) is 9.84 Å². The summed E-state index contributed by atoms with van der Waals surface area (Å²) < 4.78 is 24.8. The smallest absolute Gasteiger partial charge is 0.273 e. The molecule has 0 saturated carbocycles. The molecule has 0 radical (unpaired) electrons. The van der Waals surface area contributed by atoms with E-state index in [0.717, 1.165) is 11.8 Å². The summed E-state index contributed by atoms with van der Waals surface area (Å²) in [4.78, 5) is 29.7. The molecule has 0 bridgehead atoms. The second kappa shape index (κ2) is 7.51. The predicted octanol–water partition coefficient (Wildman–Crippen LogP) is 1.75. The number of sulfone groups is 1. The van der Waals surface area contributed by atoms with E-state index >= 15 is 0 Å². The molecule has 9 heteroatoms. The first-order chi connectivity index (χ1) is 13.6. The molecule has 1 aromatic heterocycles. The maximum absolute atomic E-state index is 13.2. The molecule has 0 saturated heterocycles. The van der Waals surface area contributed by atoms with Gasteiger partial charge in [-0.05, 0) is 43.3 Å². The number of nitrogens with two attached hydrogens (primary N) is 1. The maximum atomic E-state index is 13.2. The maximum Gasteiger partial charge on any atom is 0.273 e. The van der Waals surface area contributed by atoms with Crippen LogP contribution in [0.25, 0.3) is 17.1 Å². The lowest BCUT2D eigenvalue weighted by Crippen LogP contribution is -2.32. The number of aromatic nitrogens is 2. The number of nitrogens with one attached hydrogen (secondary N) is 1. The molecule has 2 aromatic carbocycles. The molecule has 0 aliphatic heterocycles. The number of rotatable bonds is 5. The Bertz CT molecular complexity index is 1250. The van der Waals surface area contributed by atoms with E-state index in [4.69, 9.17) is 5.73 Å². The first-order valence-electron chi connectivity index (χ1n) is 8.65. The Morgan fingerprint density at radius 1 is 1.07 bits per heavy atom. The first kappa shape index (κ1) is 20.3. The topological polar surface area (TPSA) is 124 Å². The second-order valence-electron chi connectivity index (χ2n) is 6.55. The molecule has 1 amide bonds. The SMILES string of the molecule is CNc1nc(-c2ccc(S(C)(=O)=O)cc2)n(-c2ccc(C)cc2)c(=O)c1C(N)=O. The average molecular weight is 412 g/mol. The van der Waals surface area contributed by atoms with E-state index in [1.165, 1.54) is 23.7 Å². The van der Waals surface area contributed by atoms with E-state index in [-0.39, 0.29) is 22.1 Å². The first-order valence-corrected chi connectivity index (χ1v) is 10.5. The molecule has 0 fully saturated rings. The highest BCUT2D eigenvalue weighted by Gasteiger charge is 2.22. The van der Waals surface area contributed by atoms with Crippen LogP contribution in [0.4, 0.5) is 5.82 Å². The quantitative estimate of drug-likeness (QED) is 0.658. The van der Waals surface area contributed by atoms with Gasteiger partial charge in [0.05, 0.1) is 10.6 Å². The van der Waals surface area contributed by atoms with Gasteiger partial charge in [0.1, 0.15) is 17.2 Å². The lowest BCUT2D eigenvalue weighted by Gasteiger charge is -2.16. The standard InChI is InChI=1S/C20H20N4O4S/c1-12-4-8-14(9-5-12)24-19(13-6-10-15(11-7-13)29(3,27)28)23-18(22-2)16(17(21)25)20(24)26/h4-11,22H,1-3H3,(H2,21,25). The van der Waals surface area contributed by atoms with E-state index in [0.29, 0.717) is 11.3 Å². The molecule has 3 rings (SSSR count). The molecule has 0 aliphatic rings. The fourth-order valence-corrected chi connectivity index (χ4v) is 3.53. The Kier molecular flexibility index (Phi) is 5.25. The predicted molar refractivity (Wildman–Crippen MR) is 111 cm³/mol. The third kappa shape index (κ3) is 3.90. The van der Waals surface area contributed by atoms with E-state index in [1.807, 2.05) is 19.1 Å². The zero-order valence-electron chi connectivity index (χ0n) is 16.1. The van der Waals surface area contributed by atoms with E-state index in [1.54, 1.807) is 24.3 Å². The van der Waals surface area contributed by atoms with Gasteiger partial charge in [-0.3, -0.25) is 14.2 Å². The number of nitrogens with zero attached hydrogens (tertiary/aromatic N) is 2. The van der Waals surface area contributed by atoms with Crippen LogP contribution in [0.3, 0.4) is 0 Å². The van der Waals surface area contributed by atoms with Crippen molar-refractivity contribution in [1.82, 2.24) is 9.55 Å². The van der Waals surface area contributed by atoms with Crippen LogP contribution < -0.4 is 16.6 Å². The van der Waals surface area contributed by atoms with Crippen LogP contribution in [-0.4, -0.2) is 37.2 Å². The van der Waals surface area contributed by atoms with Crippen LogP contribution in [0, 0.1) is 6.92 Å². The van der Waals surface area contributed by atoms with Crippen LogP contribution in [0.2, 0.25) is 0 Å². The van der Waals surface area contributed by atoms with Gasteiger partial charge in [0.2, 0.25) is 0 Å². The lowest BCUT2D eigenvalue weighted by atomic mass is 10.1. The highest BCUT2D eigenvalue weighted by molar-refractivity contribution is 7.90. The fourth-order valence-electron chi connectivity index (χ4n) is 2.90. The Morgan fingerprint density at radius 3 is 2.14 bits per heavy atom. The summed E-state index contributed by atoms with van der Waals surface area (Å²) in [5.74, 6) is -0.604. The minimum Gasteiger partial charge on any atom is -0.372 e. The number of benzene rings is 2. The number of hydrogen-bond acceptors (Lipinski definition) is 6. The molecule has 0 aliphatic carbocycles. The molecular formula is C20H20N4O4S. The van der Waals surface area contributed by atoms with Crippen molar-refractivity contribution < 1.29 is 13.2 Å². The molecular weight excluding hydrogens is 392 g/mol. The molecule has 150 valence electrons. The number of amides is 1. The van der Waals surface area contributed by atoms with Crippen LogP contribution in [-0.2, 0) is 9.84 Å². The molecule has 1 heterocycles. The number of hydrogen-bond donors (Lipinski definition) is 2. The van der Waals surface area contributed by atoms with Crippen LogP contribution in [0.5, 0.6) is 0 Å². The van der Waals surface area contributed by atoms with Gasteiger partial charge in [-0.1, -0.05) is 17.7 Å². The Morgan fingerprint density at radius 2 is 1.66 bits per heavy atom. The number of carbonyl (C=O) groups is 1. The summed E-state index contributed by atoms with van der Waals surface area (Å²) in [6.45, 7) is 1.91. The third-order valence-electron chi connectivity index (χ3n) is 4.40. The van der Waals surface area contributed by atoms with Crippen molar-refractivity contribution in [2.24, 2.45) is 5.73 Å². The molecule has 8 nitrogen and oxygen atoms in total. The number of aryl methyl sites for hydroxylation is 1. The largest absolute Gasteiger partial charge is 0.372 e. The van der Waals surface area contributed by atoms with Gasteiger partial charge in [-0.2, -0.15) is 0 Å². The number of carbonyl (C=O) groups excluding carboxylic acids is 1. The van der Waals surface area contributed by atoms with E-state index < -0.39 is 21.3 Å². The monoisotopic (exact) mass is 412 g/mol. The van der Waals surface area contributed by atoms with Crippen LogP contribution in [0.15, 0.2) is 58.2 Å². The highest BCUT2D eigenvalue weighted by atomic mass is 32.2. The van der Waals surface area contributed by atoms with Crippen molar-refractivity contribution in [3.8, 4) is 17.1 Å². The molecule has 0 spiro atoms. The normalized spacial score (nSPS) is 11.3. The summed E-state index contributed by atoms with van der Waals surface area (Å²) in [6.07, 6.45) is 1.11. The Hall–Kier alpha value is -3.46. The van der Waals surface area contributed by atoms with Crippen molar-refractivity contribution >= 4 is 21.6 Å². The molecule has 3 N–H and O–H groups in total. The average Bonchev–Trinajstić information content (AvgIpc) is 2.67. The summed E-state index contributed by atoms with van der Waals surface area (Å²) >= 11 is 0. The Balaban J connectivity index is 2.36. The fraction of sp³-hybridized carbons (Fsp3) is 0.150. The van der Waals surface area contributed by atoms with Gasteiger partial charge in [0.25, 0.3) is 11.5 Å². The zero-order chi connectivity index (χ0) is 21.3. The minimum absolute atomic E-state index is 0.0491. The van der Waals surface area contributed by atoms with Crippen molar-refractivity contribution in [1.29, 1.82) is 0 Å². The van der Waals surface area contributed by atoms with E-state index in [9.17, 15) is 18.0 Å². The van der Waals surface area contributed by atoms with Crippen molar-refractivity contribution in [3.05, 3.63) is 70.0 Å². The summed E-state index contributed by atoms with van der Waals surface area (Å²) in [5, 5.41) is 2.73. The number of primary amides is 1. The van der Waals surface area contributed by atoms with E-state index in [2.05, 4.69) is 10.3 Å². The summed E-state index contributed by atoms with van der Waals surface area (Å²) in [7, 11) is -1.84. The molecule has 0 atom stereocenters. The Labute approximate surface area is 167 Å².